The quantitative estimate of drug-likeness (QED) is 0.144. The lowest BCUT2D eigenvalue weighted by Crippen LogP contribution is -2.37. The summed E-state index contributed by atoms with van der Waals surface area (Å²) in [5, 5.41) is 26.3. The van der Waals surface area contributed by atoms with Gasteiger partial charge in [-0.3, -0.25) is 13.7 Å². The monoisotopic (exact) mass is 562 g/mol. The van der Waals surface area contributed by atoms with E-state index in [1.807, 2.05) is 37.3 Å². The number of benzene rings is 1. The summed E-state index contributed by atoms with van der Waals surface area (Å²) in [6, 6.07) is 9.45. The fourth-order valence-electron chi connectivity index (χ4n) is 3.87. The molecule has 3 heterocycles. The van der Waals surface area contributed by atoms with Gasteiger partial charge in [-0.2, -0.15) is 9.97 Å². The minimum atomic E-state index is -4.77. The number of ether oxygens (including phenoxy) is 1. The van der Waals surface area contributed by atoms with E-state index in [0.717, 1.165) is 5.56 Å². The summed E-state index contributed by atoms with van der Waals surface area (Å²) in [5.74, 6) is -0.946. The lowest BCUT2D eigenvalue weighted by molar-refractivity contribution is -0.0331. The van der Waals surface area contributed by atoms with Crippen LogP contribution in [0.3, 0.4) is 0 Å². The number of imidazole rings is 1. The maximum atomic E-state index is 12.0. The maximum absolute atomic E-state index is 12.0. The molecule has 0 aliphatic carbocycles. The van der Waals surface area contributed by atoms with Gasteiger partial charge in [-0.1, -0.05) is 30.3 Å². The number of nitrogens with one attached hydrogen (secondary N) is 2. The number of anilines is 1. The second kappa shape index (κ2) is 10.4. The van der Waals surface area contributed by atoms with Crippen molar-refractivity contribution in [3.05, 3.63) is 47.5 Å². The molecule has 0 bridgehead atoms. The van der Waals surface area contributed by atoms with E-state index in [4.69, 9.17) is 26.1 Å². The van der Waals surface area contributed by atoms with Crippen LogP contribution in [0.4, 0.5) is 5.82 Å². The first-order valence-electron chi connectivity index (χ1n) is 10.7. The molecule has 6 atom stereocenters. The summed E-state index contributed by atoms with van der Waals surface area (Å²) in [7, 11) is -9.20. The van der Waals surface area contributed by atoms with Crippen LogP contribution in [-0.2, 0) is 13.9 Å². The van der Waals surface area contributed by atoms with Gasteiger partial charge in [0, 0.05) is 6.54 Å². The highest BCUT2D eigenvalue weighted by Crippen LogP contribution is 2.52. The van der Waals surface area contributed by atoms with Crippen molar-refractivity contribution in [3.63, 3.8) is 0 Å². The second-order valence-corrected chi connectivity index (χ2v) is 12.9. The zero-order valence-electron chi connectivity index (χ0n) is 18.8. The first-order chi connectivity index (χ1) is 16.8. The number of aliphatic hydroxyl groups excluding tert-OH is 2. The van der Waals surface area contributed by atoms with E-state index in [1.54, 1.807) is 0 Å². The van der Waals surface area contributed by atoms with Crippen LogP contribution in [0.2, 0.25) is 5.28 Å². The highest BCUT2D eigenvalue weighted by molar-refractivity contribution is 7.71. The van der Waals surface area contributed by atoms with Crippen LogP contribution in [0.1, 0.15) is 24.8 Å². The topological polar surface area (TPSA) is 212 Å². The summed E-state index contributed by atoms with van der Waals surface area (Å²) in [5.41, 5.74) is 1.53. The predicted molar refractivity (Wildman–Crippen MR) is 129 cm³/mol. The molecule has 14 nitrogen and oxygen atoms in total. The molecule has 0 spiro atoms. The number of aliphatic hydroxyl groups is 2. The highest BCUT2D eigenvalue weighted by atomic mass is 35.5. The Morgan fingerprint density at radius 1 is 1.14 bits per heavy atom. The number of hydrogen-bond donors (Lipinski definition) is 7. The van der Waals surface area contributed by atoms with Gasteiger partial charge in [0.1, 0.15) is 24.2 Å². The molecule has 1 aliphatic rings. The summed E-state index contributed by atoms with van der Waals surface area (Å²) in [6.07, 6.45) is -4.03. The van der Waals surface area contributed by atoms with Gasteiger partial charge in [0.15, 0.2) is 23.2 Å². The van der Waals surface area contributed by atoms with Gasteiger partial charge in [-0.05, 0) is 24.1 Å². The van der Waals surface area contributed by atoms with Crippen molar-refractivity contribution in [3.8, 4) is 0 Å². The Balaban J connectivity index is 1.55. The Morgan fingerprint density at radius 2 is 1.83 bits per heavy atom. The zero-order chi connectivity index (χ0) is 26.3. The standard InChI is InChI=1S/C19H25ClN6O8P2/c1-10(11-5-3-2-4-6-11)23-16-13-17(25-19(20)24-16)26(8-21-13)18-15(28)14(27)12(34-18)7-22-35(29,30)9-36(31,32)33/h2-6,8,10,12,14-15,18,27-28H,7,9H2,1H3,(H2,22,29,30)(H,23,24,25)(H2,31,32,33)/t10-,12+,14?,15?,18+/m0/s1. The molecule has 3 aromatic rings. The second-order valence-electron chi connectivity index (χ2n) is 8.36. The van der Waals surface area contributed by atoms with Gasteiger partial charge >= 0.3 is 7.60 Å². The van der Waals surface area contributed by atoms with Crippen LogP contribution in [0.15, 0.2) is 36.7 Å². The van der Waals surface area contributed by atoms with Crippen molar-refractivity contribution in [2.45, 2.75) is 37.5 Å². The molecule has 2 aromatic heterocycles. The predicted octanol–water partition coefficient (Wildman–Crippen LogP) is 1.18. The average molecular weight is 563 g/mol. The number of aromatic nitrogens is 4. The van der Waals surface area contributed by atoms with Crippen LogP contribution in [0.5, 0.6) is 0 Å². The third-order valence-corrected chi connectivity index (χ3v) is 9.43. The Kier molecular flexibility index (Phi) is 7.84. The summed E-state index contributed by atoms with van der Waals surface area (Å²) >= 11 is 6.15. The summed E-state index contributed by atoms with van der Waals surface area (Å²) < 4.78 is 30.1. The Bertz CT molecular complexity index is 1320. The van der Waals surface area contributed by atoms with Gasteiger partial charge in [-0.15, -0.1) is 0 Å². The average Bonchev–Trinajstić information content (AvgIpc) is 3.32. The molecule has 3 unspecified atom stereocenters. The fraction of sp³-hybridized carbons (Fsp3) is 0.421. The molecule has 36 heavy (non-hydrogen) atoms. The fourth-order valence-corrected chi connectivity index (χ4v) is 6.89. The molecule has 1 fully saturated rings. The normalized spacial score (nSPS) is 25.1. The highest BCUT2D eigenvalue weighted by Gasteiger charge is 2.45. The molecule has 196 valence electrons. The van der Waals surface area contributed by atoms with Crippen LogP contribution >= 0.6 is 26.7 Å². The summed E-state index contributed by atoms with van der Waals surface area (Å²) in [4.78, 5) is 40.4. The number of fused-ring (bicyclic) bond motifs is 1. The van der Waals surface area contributed by atoms with Gasteiger partial charge < -0.3 is 34.9 Å². The van der Waals surface area contributed by atoms with Crippen molar-refractivity contribution in [2.24, 2.45) is 0 Å². The molecule has 0 saturated carbocycles. The molecule has 17 heteroatoms. The van der Waals surface area contributed by atoms with E-state index < -0.39 is 52.1 Å². The van der Waals surface area contributed by atoms with Crippen molar-refractivity contribution in [2.75, 3.05) is 17.8 Å². The Hall–Kier alpha value is -1.96. The molecular formula is C19H25ClN6O8P2. The van der Waals surface area contributed by atoms with Gasteiger partial charge in [0.2, 0.25) is 5.28 Å². The largest absolute Gasteiger partial charge is 0.387 e. The van der Waals surface area contributed by atoms with Crippen LogP contribution in [0.25, 0.3) is 11.2 Å². The van der Waals surface area contributed by atoms with Crippen LogP contribution < -0.4 is 10.4 Å². The van der Waals surface area contributed by atoms with Gasteiger partial charge in [-0.25, -0.2) is 10.1 Å². The smallest absolute Gasteiger partial charge is 0.336 e. The Morgan fingerprint density at radius 3 is 2.50 bits per heavy atom. The molecule has 4 rings (SSSR count). The van der Waals surface area contributed by atoms with Crippen LogP contribution in [-0.4, -0.2) is 75.2 Å². The van der Waals surface area contributed by atoms with Crippen molar-refractivity contribution >= 4 is 43.7 Å². The SMILES string of the molecule is C[C@H](Nc1nc(Cl)nc2c1ncn2[C@@H]1O[C@H](CNP(=O)(O)CP(=O)(O)O)C(O)C1O)c1ccccc1. The minimum absolute atomic E-state index is 0.100. The molecule has 7 N–H and O–H groups in total. The molecule has 0 radical (unpaired) electrons. The molecule has 1 aliphatic heterocycles. The van der Waals surface area contributed by atoms with Crippen LogP contribution in [0, 0.1) is 0 Å². The van der Waals surface area contributed by atoms with Crippen molar-refractivity contribution in [1.29, 1.82) is 0 Å². The molecular weight excluding hydrogens is 538 g/mol. The molecule has 0 amide bonds. The first kappa shape index (κ1) is 27.1. The lowest BCUT2D eigenvalue weighted by atomic mass is 10.1. The number of rotatable bonds is 9. The number of hydrogen-bond acceptors (Lipinski definition) is 9. The third-order valence-electron chi connectivity index (χ3n) is 5.57. The zero-order valence-corrected chi connectivity index (χ0v) is 21.3. The lowest BCUT2D eigenvalue weighted by Gasteiger charge is -2.19. The summed E-state index contributed by atoms with van der Waals surface area (Å²) in [6.45, 7) is 1.46. The van der Waals surface area contributed by atoms with E-state index in [9.17, 15) is 24.2 Å². The number of halogens is 1. The van der Waals surface area contributed by atoms with E-state index in [0.29, 0.717) is 11.3 Å². The Labute approximate surface area is 210 Å². The first-order valence-corrected chi connectivity index (χ1v) is 14.7. The van der Waals surface area contributed by atoms with Crippen molar-refractivity contribution in [1.82, 2.24) is 24.6 Å². The minimum Gasteiger partial charge on any atom is -0.387 e. The third kappa shape index (κ3) is 6.12. The van der Waals surface area contributed by atoms with E-state index in [-0.39, 0.29) is 17.0 Å². The molecule has 1 aromatic carbocycles. The van der Waals surface area contributed by atoms with E-state index >= 15 is 0 Å². The van der Waals surface area contributed by atoms with E-state index in [1.165, 1.54) is 10.9 Å². The van der Waals surface area contributed by atoms with Crippen molar-refractivity contribution < 1.29 is 38.8 Å². The number of nitrogens with zero attached hydrogens (tertiary/aromatic N) is 4. The maximum Gasteiger partial charge on any atom is 0.336 e. The van der Waals surface area contributed by atoms with Gasteiger partial charge in [0.25, 0.3) is 7.52 Å². The molecule has 1 saturated heterocycles. The van der Waals surface area contributed by atoms with E-state index in [2.05, 4.69) is 25.4 Å². The van der Waals surface area contributed by atoms with Gasteiger partial charge in [0.05, 0.1) is 12.4 Å².